The van der Waals surface area contributed by atoms with E-state index < -0.39 is 11.4 Å². The molecule has 6 nitrogen and oxygen atoms in total. The number of hydrogen-bond donors (Lipinski definition) is 1. The van der Waals surface area contributed by atoms with Crippen LogP contribution in [-0.4, -0.2) is 40.1 Å². The predicted octanol–water partition coefficient (Wildman–Crippen LogP) is 3.20. The van der Waals surface area contributed by atoms with Crippen molar-refractivity contribution in [3.8, 4) is 0 Å². The van der Waals surface area contributed by atoms with E-state index in [2.05, 4.69) is 5.16 Å². The van der Waals surface area contributed by atoms with E-state index in [-0.39, 0.29) is 5.91 Å². The van der Waals surface area contributed by atoms with Gasteiger partial charge in [-0.3, -0.25) is 9.59 Å². The molecule has 0 unspecified atom stereocenters. The fourth-order valence-electron chi connectivity index (χ4n) is 4.35. The Morgan fingerprint density at radius 1 is 1.04 bits per heavy atom. The Labute approximate surface area is 158 Å². The van der Waals surface area contributed by atoms with Crippen LogP contribution in [0.1, 0.15) is 59.5 Å². The summed E-state index contributed by atoms with van der Waals surface area (Å²) in [4.78, 5) is 26.8. The molecular formula is C21H24N2O4. The molecule has 0 radical (unpaired) electrons. The molecule has 1 N–H and O–H groups in total. The second-order valence-corrected chi connectivity index (χ2v) is 7.54. The molecule has 1 aliphatic carbocycles. The van der Waals surface area contributed by atoms with Gasteiger partial charge < -0.3 is 14.5 Å². The summed E-state index contributed by atoms with van der Waals surface area (Å²) in [5.74, 6) is -0.109. The number of carboxylic acids is 1. The second-order valence-electron chi connectivity index (χ2n) is 7.54. The Kier molecular flexibility index (Phi) is 4.72. The Morgan fingerprint density at radius 3 is 2.44 bits per heavy atom. The van der Waals surface area contributed by atoms with Crippen LogP contribution < -0.4 is 0 Å². The quantitative estimate of drug-likeness (QED) is 0.841. The highest BCUT2D eigenvalue weighted by Gasteiger charge is 2.44. The van der Waals surface area contributed by atoms with Gasteiger partial charge in [-0.2, -0.15) is 0 Å². The molecule has 1 saturated heterocycles. The molecule has 1 amide bonds. The Hall–Kier alpha value is -2.63. The minimum absolute atomic E-state index is 0.131. The molecule has 4 rings (SSSR count). The normalized spacial score (nSPS) is 19.2. The maximum absolute atomic E-state index is 13.0. The van der Waals surface area contributed by atoms with Crippen LogP contribution in [-0.2, 0) is 23.1 Å². The first-order valence-electron chi connectivity index (χ1n) is 9.67. The maximum Gasteiger partial charge on any atom is 0.314 e. The van der Waals surface area contributed by atoms with Crippen LogP contribution in [0.3, 0.4) is 0 Å². The van der Waals surface area contributed by atoms with E-state index in [1.807, 2.05) is 30.3 Å². The maximum atomic E-state index is 13.0. The van der Waals surface area contributed by atoms with Crippen LogP contribution in [0, 0.1) is 0 Å². The summed E-state index contributed by atoms with van der Waals surface area (Å²) in [5.41, 5.74) is 1.25. The van der Waals surface area contributed by atoms with Crippen molar-refractivity contribution in [2.45, 2.75) is 50.4 Å². The van der Waals surface area contributed by atoms with E-state index in [1.165, 1.54) is 0 Å². The number of benzene rings is 1. The van der Waals surface area contributed by atoms with Crippen LogP contribution in [0.15, 0.2) is 34.9 Å². The molecule has 6 heteroatoms. The molecule has 1 aromatic heterocycles. The van der Waals surface area contributed by atoms with E-state index in [0.29, 0.717) is 31.6 Å². The number of amides is 1. The van der Waals surface area contributed by atoms with Gasteiger partial charge in [0.2, 0.25) is 0 Å². The molecule has 0 atom stereocenters. The number of rotatable bonds is 3. The van der Waals surface area contributed by atoms with E-state index in [1.54, 1.807) is 4.90 Å². The SMILES string of the molecule is O=C(c1noc2c1CCCCC2)N1CCC(C(=O)O)(c2ccccc2)CC1. The smallest absolute Gasteiger partial charge is 0.314 e. The number of aryl methyl sites for hydroxylation is 1. The first-order chi connectivity index (χ1) is 13.1. The van der Waals surface area contributed by atoms with Crippen molar-refractivity contribution in [2.75, 3.05) is 13.1 Å². The van der Waals surface area contributed by atoms with Gasteiger partial charge in [0.25, 0.3) is 5.91 Å². The average molecular weight is 368 g/mol. The third-order valence-electron chi connectivity index (χ3n) is 6.04. The highest BCUT2D eigenvalue weighted by Crippen LogP contribution is 2.36. The minimum atomic E-state index is -0.932. The van der Waals surface area contributed by atoms with Crippen LogP contribution in [0.4, 0.5) is 0 Å². The third-order valence-corrected chi connectivity index (χ3v) is 6.04. The summed E-state index contributed by atoms with van der Waals surface area (Å²) in [7, 11) is 0. The van der Waals surface area contributed by atoms with Gasteiger partial charge in [-0.25, -0.2) is 0 Å². The molecule has 142 valence electrons. The molecule has 1 aliphatic heterocycles. The van der Waals surface area contributed by atoms with Crippen molar-refractivity contribution in [2.24, 2.45) is 0 Å². The first kappa shape index (κ1) is 17.8. The monoisotopic (exact) mass is 368 g/mol. The largest absolute Gasteiger partial charge is 0.481 e. The zero-order valence-electron chi connectivity index (χ0n) is 15.3. The van der Waals surface area contributed by atoms with Gasteiger partial charge in [-0.1, -0.05) is 41.9 Å². The zero-order chi connectivity index (χ0) is 18.9. The van der Waals surface area contributed by atoms with Gasteiger partial charge >= 0.3 is 5.97 Å². The van der Waals surface area contributed by atoms with Crippen molar-refractivity contribution in [3.63, 3.8) is 0 Å². The zero-order valence-corrected chi connectivity index (χ0v) is 15.3. The van der Waals surface area contributed by atoms with E-state index >= 15 is 0 Å². The van der Waals surface area contributed by atoms with Gasteiger partial charge in [0.05, 0.1) is 5.41 Å². The number of carboxylic acid groups (broad SMARTS) is 1. The van der Waals surface area contributed by atoms with Gasteiger partial charge in [-0.15, -0.1) is 0 Å². The number of aliphatic carboxylic acids is 1. The van der Waals surface area contributed by atoms with Crippen molar-refractivity contribution >= 4 is 11.9 Å². The molecule has 2 aromatic rings. The molecule has 2 heterocycles. The fourth-order valence-corrected chi connectivity index (χ4v) is 4.35. The van der Waals surface area contributed by atoms with Gasteiger partial charge in [-0.05, 0) is 37.7 Å². The minimum Gasteiger partial charge on any atom is -0.481 e. The summed E-state index contributed by atoms with van der Waals surface area (Å²) in [6.07, 6.45) is 5.72. The summed E-state index contributed by atoms with van der Waals surface area (Å²) in [6.45, 7) is 0.809. The second kappa shape index (κ2) is 7.18. The summed E-state index contributed by atoms with van der Waals surface area (Å²) in [5, 5.41) is 14.0. The van der Waals surface area contributed by atoms with Crippen molar-refractivity contribution < 1.29 is 19.2 Å². The van der Waals surface area contributed by atoms with E-state index in [4.69, 9.17) is 4.52 Å². The van der Waals surface area contributed by atoms with Gasteiger partial charge in [0.15, 0.2) is 5.69 Å². The molecule has 0 bridgehead atoms. The number of nitrogens with zero attached hydrogens (tertiary/aromatic N) is 2. The molecule has 0 spiro atoms. The highest BCUT2D eigenvalue weighted by molar-refractivity contribution is 5.94. The molecule has 27 heavy (non-hydrogen) atoms. The summed E-state index contributed by atoms with van der Waals surface area (Å²) in [6, 6.07) is 9.34. The van der Waals surface area contributed by atoms with Crippen LogP contribution in [0.5, 0.6) is 0 Å². The lowest BCUT2D eigenvalue weighted by Crippen LogP contribution is -2.49. The number of aromatic nitrogens is 1. The van der Waals surface area contributed by atoms with Crippen LogP contribution in [0.2, 0.25) is 0 Å². The summed E-state index contributed by atoms with van der Waals surface area (Å²) < 4.78 is 5.44. The van der Waals surface area contributed by atoms with Crippen molar-refractivity contribution in [1.82, 2.24) is 10.1 Å². The number of hydrogen-bond acceptors (Lipinski definition) is 4. The molecule has 0 saturated carbocycles. The number of fused-ring (bicyclic) bond motifs is 1. The first-order valence-corrected chi connectivity index (χ1v) is 9.67. The lowest BCUT2D eigenvalue weighted by atomic mass is 9.73. The van der Waals surface area contributed by atoms with E-state index in [9.17, 15) is 14.7 Å². The predicted molar refractivity (Wildman–Crippen MR) is 98.7 cm³/mol. The number of piperidine rings is 1. The third kappa shape index (κ3) is 3.13. The standard InChI is InChI=1S/C21H24N2O4/c24-19(18-16-9-5-2-6-10-17(16)27-22-18)23-13-11-21(12-14-23,20(25)26)15-7-3-1-4-8-15/h1,3-4,7-8H,2,5-6,9-14H2,(H,25,26). The molecule has 2 aliphatic rings. The number of carbonyl (C=O) groups is 2. The van der Waals surface area contributed by atoms with Crippen LogP contribution in [0.25, 0.3) is 0 Å². The highest BCUT2D eigenvalue weighted by atomic mass is 16.5. The number of likely N-dealkylation sites (tertiary alicyclic amines) is 1. The van der Waals surface area contributed by atoms with Crippen LogP contribution >= 0.6 is 0 Å². The van der Waals surface area contributed by atoms with Gasteiger partial charge in [0.1, 0.15) is 5.76 Å². The summed E-state index contributed by atoms with van der Waals surface area (Å²) >= 11 is 0. The average Bonchev–Trinajstić information content (AvgIpc) is 2.96. The topological polar surface area (TPSA) is 83.6 Å². The van der Waals surface area contributed by atoms with Crippen molar-refractivity contribution in [3.05, 3.63) is 52.9 Å². The van der Waals surface area contributed by atoms with E-state index in [0.717, 1.165) is 49.0 Å². The Bertz CT molecular complexity index is 835. The lowest BCUT2D eigenvalue weighted by Gasteiger charge is -2.39. The lowest BCUT2D eigenvalue weighted by molar-refractivity contribution is -0.145. The van der Waals surface area contributed by atoms with Gasteiger partial charge in [0, 0.05) is 25.1 Å². The van der Waals surface area contributed by atoms with Crippen molar-refractivity contribution in [1.29, 1.82) is 0 Å². The molecule has 1 aromatic carbocycles. The Morgan fingerprint density at radius 2 is 1.74 bits per heavy atom. The fraction of sp³-hybridized carbons (Fsp3) is 0.476. The molecule has 1 fully saturated rings. The molecular weight excluding hydrogens is 344 g/mol. The Balaban J connectivity index is 1.53. The number of carbonyl (C=O) groups excluding carboxylic acids is 1.